The van der Waals surface area contributed by atoms with Crippen LogP contribution < -0.4 is 9.47 Å². The number of hydrogen-bond donors (Lipinski definition) is 0. The third kappa shape index (κ3) is 3.61. The molecule has 7 nitrogen and oxygen atoms in total. The van der Waals surface area contributed by atoms with Gasteiger partial charge in [-0.25, -0.2) is 0 Å². The highest BCUT2D eigenvalue weighted by Gasteiger charge is 2.18. The second-order valence-electron chi connectivity index (χ2n) is 5.12. The third-order valence-corrected chi connectivity index (χ3v) is 3.54. The number of hydrogen-bond acceptors (Lipinski definition) is 6. The van der Waals surface area contributed by atoms with Gasteiger partial charge in [-0.15, -0.1) is 0 Å². The van der Waals surface area contributed by atoms with E-state index in [2.05, 4.69) is 10.1 Å². The number of nitrogens with zero attached hydrogens (tertiary/aromatic N) is 3. The zero-order chi connectivity index (χ0) is 17.0. The molecule has 23 heavy (non-hydrogen) atoms. The lowest BCUT2D eigenvalue weighted by Gasteiger charge is -2.17. The molecule has 2 aromatic rings. The summed E-state index contributed by atoms with van der Waals surface area (Å²) in [7, 11) is 4.80. The van der Waals surface area contributed by atoms with Crippen molar-refractivity contribution in [3.8, 4) is 11.5 Å². The maximum absolute atomic E-state index is 12.6. The Kier molecular flexibility index (Phi) is 5.20. The maximum Gasteiger partial charge on any atom is 0.254 e. The molecule has 0 bridgehead atoms. The van der Waals surface area contributed by atoms with Crippen LogP contribution in [0.2, 0.25) is 0 Å². The van der Waals surface area contributed by atoms with Gasteiger partial charge in [0.05, 0.1) is 20.8 Å². The van der Waals surface area contributed by atoms with Crippen molar-refractivity contribution in [3.05, 3.63) is 35.0 Å². The van der Waals surface area contributed by atoms with Crippen molar-refractivity contribution in [1.82, 2.24) is 15.0 Å². The number of benzene rings is 1. The van der Waals surface area contributed by atoms with Crippen molar-refractivity contribution in [2.45, 2.75) is 26.8 Å². The van der Waals surface area contributed by atoms with Crippen molar-refractivity contribution in [3.63, 3.8) is 0 Å². The van der Waals surface area contributed by atoms with E-state index in [-0.39, 0.29) is 12.5 Å². The molecule has 1 heterocycles. The van der Waals surface area contributed by atoms with Gasteiger partial charge < -0.3 is 18.9 Å². The monoisotopic (exact) mass is 319 g/mol. The van der Waals surface area contributed by atoms with E-state index in [4.69, 9.17) is 14.0 Å². The number of aryl methyl sites for hydroxylation is 1. The molecule has 0 aliphatic rings. The molecular formula is C16H21N3O4. The first kappa shape index (κ1) is 16.8. The molecule has 0 saturated heterocycles. The molecule has 0 aliphatic carbocycles. The van der Waals surface area contributed by atoms with Gasteiger partial charge in [0, 0.05) is 24.6 Å². The first-order chi connectivity index (χ1) is 11.0. The smallest absolute Gasteiger partial charge is 0.254 e. The molecule has 0 radical (unpaired) electrons. The van der Waals surface area contributed by atoms with E-state index in [1.54, 1.807) is 33.4 Å². The highest BCUT2D eigenvalue weighted by molar-refractivity contribution is 5.95. The molecule has 2 rings (SSSR count). The Balaban J connectivity index is 2.21. The van der Waals surface area contributed by atoms with Crippen LogP contribution in [-0.4, -0.2) is 42.2 Å². The van der Waals surface area contributed by atoms with Crippen molar-refractivity contribution in [2.75, 3.05) is 21.3 Å². The second kappa shape index (κ2) is 7.13. The summed E-state index contributed by atoms with van der Waals surface area (Å²) in [5, 5.41) is 3.82. The summed E-state index contributed by atoms with van der Waals surface area (Å²) in [6.07, 6.45) is 0.688. The molecule has 1 amide bonds. The fourth-order valence-electron chi connectivity index (χ4n) is 2.20. The number of carbonyl (C=O) groups is 1. The molecule has 0 spiro atoms. The number of methoxy groups -OCH3 is 2. The standard InChI is InChI=1S/C16H21N3O4/c1-6-14-17-15(23-18-14)9-19(3)16(20)11-7-12(21-4)10(2)13(8-11)22-5/h7-8H,6,9H2,1-5H3. The summed E-state index contributed by atoms with van der Waals surface area (Å²) in [5.41, 5.74) is 1.32. The molecule has 0 N–H and O–H groups in total. The van der Waals surface area contributed by atoms with Gasteiger partial charge in [0.25, 0.3) is 5.91 Å². The summed E-state index contributed by atoms with van der Waals surface area (Å²) in [5.74, 6) is 2.06. The Morgan fingerprint density at radius 1 is 1.26 bits per heavy atom. The fraction of sp³-hybridized carbons (Fsp3) is 0.438. The van der Waals surface area contributed by atoms with Crippen molar-refractivity contribution in [1.29, 1.82) is 0 Å². The van der Waals surface area contributed by atoms with Gasteiger partial charge >= 0.3 is 0 Å². The molecule has 0 saturated carbocycles. The minimum Gasteiger partial charge on any atom is -0.496 e. The van der Waals surface area contributed by atoms with Gasteiger partial charge in [-0.3, -0.25) is 4.79 Å². The molecule has 0 fully saturated rings. The Morgan fingerprint density at radius 2 is 1.87 bits per heavy atom. The lowest BCUT2D eigenvalue weighted by atomic mass is 10.1. The Morgan fingerprint density at radius 3 is 2.35 bits per heavy atom. The lowest BCUT2D eigenvalue weighted by molar-refractivity contribution is 0.0769. The van der Waals surface area contributed by atoms with Crippen LogP contribution in [0, 0.1) is 6.92 Å². The van der Waals surface area contributed by atoms with Crippen molar-refractivity contribution < 1.29 is 18.8 Å². The molecule has 124 valence electrons. The summed E-state index contributed by atoms with van der Waals surface area (Å²) in [4.78, 5) is 18.3. The number of rotatable bonds is 6. The topological polar surface area (TPSA) is 77.7 Å². The highest BCUT2D eigenvalue weighted by Crippen LogP contribution is 2.30. The van der Waals surface area contributed by atoms with Crippen LogP contribution in [0.5, 0.6) is 11.5 Å². The predicted molar refractivity (Wildman–Crippen MR) is 83.8 cm³/mol. The van der Waals surface area contributed by atoms with Crippen LogP contribution in [0.15, 0.2) is 16.7 Å². The van der Waals surface area contributed by atoms with E-state index in [0.29, 0.717) is 35.2 Å². The van der Waals surface area contributed by atoms with Gasteiger partial charge in [-0.1, -0.05) is 12.1 Å². The van der Waals surface area contributed by atoms with E-state index in [1.165, 1.54) is 4.90 Å². The Bertz CT molecular complexity index is 671. The van der Waals surface area contributed by atoms with Crippen molar-refractivity contribution in [2.24, 2.45) is 0 Å². The first-order valence-electron chi connectivity index (χ1n) is 7.29. The zero-order valence-corrected chi connectivity index (χ0v) is 14.0. The van der Waals surface area contributed by atoms with Crippen LogP contribution in [0.1, 0.15) is 34.6 Å². The quantitative estimate of drug-likeness (QED) is 0.812. The van der Waals surface area contributed by atoms with Gasteiger partial charge in [-0.2, -0.15) is 4.98 Å². The summed E-state index contributed by atoms with van der Waals surface area (Å²) >= 11 is 0. The molecule has 1 aromatic carbocycles. The third-order valence-electron chi connectivity index (χ3n) is 3.54. The molecule has 0 unspecified atom stereocenters. The Labute approximate surface area is 135 Å². The van der Waals surface area contributed by atoms with E-state index in [1.807, 2.05) is 13.8 Å². The average molecular weight is 319 g/mol. The minimum absolute atomic E-state index is 0.183. The normalized spacial score (nSPS) is 10.5. The van der Waals surface area contributed by atoms with Crippen LogP contribution in [0.3, 0.4) is 0 Å². The van der Waals surface area contributed by atoms with Crippen LogP contribution in [-0.2, 0) is 13.0 Å². The predicted octanol–water partition coefficient (Wildman–Crippen LogP) is 2.23. The number of carbonyl (C=O) groups excluding carboxylic acids is 1. The molecule has 0 atom stereocenters. The van der Waals surface area contributed by atoms with E-state index in [9.17, 15) is 4.79 Å². The second-order valence-corrected chi connectivity index (χ2v) is 5.12. The summed E-state index contributed by atoms with van der Waals surface area (Å²) in [6.45, 7) is 4.05. The van der Waals surface area contributed by atoms with E-state index < -0.39 is 0 Å². The number of aromatic nitrogens is 2. The minimum atomic E-state index is -0.183. The molecule has 1 aromatic heterocycles. The highest BCUT2D eigenvalue weighted by atomic mass is 16.5. The SMILES string of the molecule is CCc1noc(CN(C)C(=O)c2cc(OC)c(C)c(OC)c2)n1. The average Bonchev–Trinajstić information content (AvgIpc) is 3.01. The van der Waals surface area contributed by atoms with Gasteiger partial charge in [0.15, 0.2) is 5.82 Å². The fourth-order valence-corrected chi connectivity index (χ4v) is 2.20. The van der Waals surface area contributed by atoms with E-state index >= 15 is 0 Å². The largest absolute Gasteiger partial charge is 0.496 e. The summed E-state index contributed by atoms with van der Waals surface area (Å²) < 4.78 is 15.7. The molecular weight excluding hydrogens is 298 g/mol. The van der Waals surface area contributed by atoms with Crippen molar-refractivity contribution >= 4 is 5.91 Å². The number of ether oxygens (including phenoxy) is 2. The van der Waals surface area contributed by atoms with E-state index in [0.717, 1.165) is 5.56 Å². The lowest BCUT2D eigenvalue weighted by Crippen LogP contribution is -2.26. The first-order valence-corrected chi connectivity index (χ1v) is 7.29. The van der Waals surface area contributed by atoms with Crippen LogP contribution in [0.25, 0.3) is 0 Å². The molecule has 0 aliphatic heterocycles. The number of amides is 1. The summed E-state index contributed by atoms with van der Waals surface area (Å²) in [6, 6.07) is 3.39. The van der Waals surface area contributed by atoms with Crippen LogP contribution in [0.4, 0.5) is 0 Å². The maximum atomic E-state index is 12.6. The van der Waals surface area contributed by atoms with Gasteiger partial charge in [0.2, 0.25) is 5.89 Å². The Hall–Kier alpha value is -2.57. The van der Waals surface area contributed by atoms with Gasteiger partial charge in [0.1, 0.15) is 11.5 Å². The zero-order valence-electron chi connectivity index (χ0n) is 14.0. The van der Waals surface area contributed by atoms with Gasteiger partial charge in [-0.05, 0) is 19.1 Å². The van der Waals surface area contributed by atoms with Crippen LogP contribution >= 0.6 is 0 Å². The molecule has 7 heteroatoms.